The molecule has 0 amide bonds. The highest BCUT2D eigenvalue weighted by Crippen LogP contribution is 2.67. The predicted octanol–water partition coefficient (Wildman–Crippen LogP) is 0.168. The third-order valence-corrected chi connectivity index (χ3v) is 9.11. The lowest BCUT2D eigenvalue weighted by atomic mass is 9.56. The van der Waals surface area contributed by atoms with E-state index in [1.165, 1.54) is 0 Å². The van der Waals surface area contributed by atoms with Crippen LogP contribution < -0.4 is 0 Å². The molecule has 0 heterocycles. The van der Waals surface area contributed by atoms with Crippen molar-refractivity contribution in [2.45, 2.75) is 94.4 Å². The second-order valence-corrected chi connectivity index (χ2v) is 10.8. The maximum atomic E-state index is 11.7. The fraction of sp³-hybridized carbons (Fsp3) is 1.00. The van der Waals surface area contributed by atoms with E-state index in [0.717, 1.165) is 0 Å². The van der Waals surface area contributed by atoms with E-state index in [0.29, 0.717) is 12.8 Å². The van der Waals surface area contributed by atoms with Gasteiger partial charge in [0, 0.05) is 24.2 Å². The Labute approximate surface area is 154 Å². The molecule has 150 valence electrons. The normalized spacial score (nSPS) is 63.9. The van der Waals surface area contributed by atoms with Crippen molar-refractivity contribution in [1.29, 1.82) is 0 Å². The fourth-order valence-electron chi connectivity index (χ4n) is 7.69. The first kappa shape index (κ1) is 19.1. The van der Waals surface area contributed by atoms with Gasteiger partial charge < -0.3 is 30.6 Å². The highest BCUT2D eigenvalue weighted by atomic mass is 16.4. The topological polar surface area (TPSA) is 121 Å². The second-order valence-electron chi connectivity index (χ2n) is 10.8. The summed E-state index contributed by atoms with van der Waals surface area (Å²) < 4.78 is 0. The van der Waals surface area contributed by atoms with Gasteiger partial charge in [0.1, 0.15) is 5.60 Å². The Bertz CT molecular complexity index is 615. The molecule has 6 heteroatoms. The van der Waals surface area contributed by atoms with Gasteiger partial charge in [-0.15, -0.1) is 0 Å². The van der Waals surface area contributed by atoms with Crippen LogP contribution in [0.1, 0.15) is 59.8 Å². The molecule has 0 aromatic rings. The second kappa shape index (κ2) is 5.02. The summed E-state index contributed by atoms with van der Waals surface area (Å²) >= 11 is 0. The van der Waals surface area contributed by atoms with Crippen molar-refractivity contribution in [3.63, 3.8) is 0 Å². The van der Waals surface area contributed by atoms with Crippen molar-refractivity contribution in [2.75, 3.05) is 0 Å². The van der Waals surface area contributed by atoms with E-state index in [1.807, 2.05) is 0 Å². The van der Waals surface area contributed by atoms with Gasteiger partial charge in [0.2, 0.25) is 0 Å². The van der Waals surface area contributed by atoms with E-state index >= 15 is 0 Å². The zero-order valence-electron chi connectivity index (χ0n) is 16.2. The van der Waals surface area contributed by atoms with Crippen LogP contribution in [0.5, 0.6) is 0 Å². The molecule has 2 unspecified atom stereocenters. The van der Waals surface area contributed by atoms with Gasteiger partial charge in [0.05, 0.1) is 29.0 Å². The Morgan fingerprint density at radius 2 is 1.38 bits per heavy atom. The first-order chi connectivity index (χ1) is 11.7. The third kappa shape index (κ3) is 1.98. The molecule has 0 aliphatic heterocycles. The molecule has 10 atom stereocenters. The van der Waals surface area contributed by atoms with Crippen LogP contribution in [0.25, 0.3) is 0 Å². The molecule has 0 spiro atoms. The molecule has 6 nitrogen and oxygen atoms in total. The van der Waals surface area contributed by atoms with Gasteiger partial charge in [-0.05, 0) is 50.9 Å². The minimum Gasteiger partial charge on any atom is -0.392 e. The largest absolute Gasteiger partial charge is 0.392 e. The third-order valence-electron chi connectivity index (χ3n) is 9.11. The molecule has 26 heavy (non-hydrogen) atoms. The van der Waals surface area contributed by atoms with Gasteiger partial charge in [0.15, 0.2) is 0 Å². The molecule has 6 N–H and O–H groups in total. The fourth-order valence-corrected chi connectivity index (χ4v) is 7.69. The Morgan fingerprint density at radius 3 is 2.00 bits per heavy atom. The summed E-state index contributed by atoms with van der Waals surface area (Å²) in [5.41, 5.74) is -6.50. The van der Waals surface area contributed by atoms with Crippen LogP contribution in [0.3, 0.4) is 0 Å². The summed E-state index contributed by atoms with van der Waals surface area (Å²) in [6, 6.07) is 0. The maximum Gasteiger partial charge on any atom is 0.104 e. The zero-order valence-corrected chi connectivity index (χ0v) is 16.2. The summed E-state index contributed by atoms with van der Waals surface area (Å²) in [4.78, 5) is 0. The lowest BCUT2D eigenvalue weighted by molar-refractivity contribution is -0.247. The summed E-state index contributed by atoms with van der Waals surface area (Å²) in [7, 11) is 0. The number of rotatable bonds is 0. The lowest BCUT2D eigenvalue weighted by Gasteiger charge is -2.55. The van der Waals surface area contributed by atoms with Crippen molar-refractivity contribution in [1.82, 2.24) is 0 Å². The van der Waals surface area contributed by atoms with E-state index in [-0.39, 0.29) is 37.0 Å². The number of aliphatic hydroxyl groups excluding tert-OH is 2. The van der Waals surface area contributed by atoms with Gasteiger partial charge in [0.25, 0.3) is 0 Å². The molecular formula is C20H34O6. The van der Waals surface area contributed by atoms with E-state index in [1.54, 1.807) is 27.7 Å². The quantitative estimate of drug-likeness (QED) is 0.361. The van der Waals surface area contributed by atoms with E-state index < -0.39 is 45.9 Å². The molecule has 4 aliphatic rings. The molecule has 0 bridgehead atoms. The average Bonchev–Trinajstić information content (AvgIpc) is 3.08. The molecule has 0 aromatic carbocycles. The van der Waals surface area contributed by atoms with Crippen molar-refractivity contribution in [3.05, 3.63) is 0 Å². The monoisotopic (exact) mass is 370 g/mol. The highest BCUT2D eigenvalue weighted by molar-refractivity contribution is 5.24. The minimum atomic E-state index is -1.72. The van der Waals surface area contributed by atoms with Crippen LogP contribution in [0.4, 0.5) is 0 Å². The molecule has 4 rings (SSSR count). The number of hydrogen-bond acceptors (Lipinski definition) is 6. The molecule has 0 radical (unpaired) electrons. The average molecular weight is 370 g/mol. The molecule has 4 aliphatic carbocycles. The number of fused-ring (bicyclic) bond motifs is 1. The van der Waals surface area contributed by atoms with E-state index in [9.17, 15) is 30.6 Å². The van der Waals surface area contributed by atoms with Crippen LogP contribution in [0.15, 0.2) is 0 Å². The van der Waals surface area contributed by atoms with Crippen LogP contribution in [0.2, 0.25) is 0 Å². The molecule has 4 saturated carbocycles. The Morgan fingerprint density at radius 1 is 0.808 bits per heavy atom. The summed E-state index contributed by atoms with van der Waals surface area (Å²) in [5.74, 6) is -1.46. The summed E-state index contributed by atoms with van der Waals surface area (Å²) in [5, 5.41) is 67.4. The van der Waals surface area contributed by atoms with Crippen LogP contribution in [0, 0.1) is 29.1 Å². The SMILES string of the molecule is CC1(C)[C@@H](O)C[C@H]2[C@](C)(O)[C@@H]3CC[C@@H]4C3C(O)(C[C@@H](O)[C@@]21O)C[C@@]4(C)O. The van der Waals surface area contributed by atoms with Crippen molar-refractivity contribution < 1.29 is 30.6 Å². The summed E-state index contributed by atoms with van der Waals surface area (Å²) in [6.07, 6.45) is -0.522. The Balaban J connectivity index is 1.89. The standard InChI is InChI=1S/C20H34O6/c1-16(2)13(21)7-12-18(4,24)11-6-5-10-15(11)19(25,9-17(10,3)23)8-14(22)20(12,16)26/h10-15,21-26H,5-9H2,1-4H3/t10-,11-,12+,13+,14-,15?,17-,18-,19?,20+/m1/s1. The van der Waals surface area contributed by atoms with Crippen LogP contribution in [-0.4, -0.2) is 65.3 Å². The van der Waals surface area contributed by atoms with Crippen molar-refractivity contribution >= 4 is 0 Å². The first-order valence-corrected chi connectivity index (χ1v) is 9.95. The molecule has 0 aromatic heterocycles. The van der Waals surface area contributed by atoms with E-state index in [2.05, 4.69) is 0 Å². The molecule has 4 fully saturated rings. The van der Waals surface area contributed by atoms with Gasteiger partial charge in [-0.2, -0.15) is 0 Å². The van der Waals surface area contributed by atoms with Crippen LogP contribution in [-0.2, 0) is 0 Å². The Hall–Kier alpha value is -0.240. The number of hydrogen-bond donors (Lipinski definition) is 6. The predicted molar refractivity (Wildman–Crippen MR) is 94.0 cm³/mol. The van der Waals surface area contributed by atoms with E-state index in [4.69, 9.17) is 0 Å². The van der Waals surface area contributed by atoms with Crippen molar-refractivity contribution in [2.24, 2.45) is 29.1 Å². The smallest absolute Gasteiger partial charge is 0.104 e. The zero-order chi connectivity index (χ0) is 19.5. The molecule has 0 saturated heterocycles. The van der Waals surface area contributed by atoms with Gasteiger partial charge in [-0.1, -0.05) is 13.8 Å². The van der Waals surface area contributed by atoms with Gasteiger partial charge in [-0.25, -0.2) is 0 Å². The molecular weight excluding hydrogens is 336 g/mol. The number of aliphatic hydroxyl groups is 6. The van der Waals surface area contributed by atoms with Crippen molar-refractivity contribution in [3.8, 4) is 0 Å². The summed E-state index contributed by atoms with van der Waals surface area (Å²) in [6.45, 7) is 6.83. The Kier molecular flexibility index (Phi) is 3.69. The minimum absolute atomic E-state index is 0.0555. The lowest BCUT2D eigenvalue weighted by Crippen LogP contribution is -2.67. The highest BCUT2D eigenvalue weighted by Gasteiger charge is 2.74. The first-order valence-electron chi connectivity index (χ1n) is 9.95. The van der Waals surface area contributed by atoms with Gasteiger partial charge >= 0.3 is 0 Å². The maximum absolute atomic E-state index is 11.7. The van der Waals surface area contributed by atoms with Crippen LogP contribution >= 0.6 is 0 Å². The van der Waals surface area contributed by atoms with Gasteiger partial charge in [-0.3, -0.25) is 0 Å².